The summed E-state index contributed by atoms with van der Waals surface area (Å²) in [6, 6.07) is 5.69. The van der Waals surface area contributed by atoms with Crippen molar-refractivity contribution in [3.05, 3.63) is 23.8 Å². The Morgan fingerprint density at radius 2 is 1.78 bits per heavy atom. The molecule has 8 nitrogen and oxygen atoms in total. The highest BCUT2D eigenvalue weighted by Gasteiger charge is 2.41. The molecule has 0 N–H and O–H groups in total. The molecule has 0 spiro atoms. The highest BCUT2D eigenvalue weighted by atomic mass is 32.2. The molecule has 0 aromatic heterocycles. The van der Waals surface area contributed by atoms with Gasteiger partial charge >= 0.3 is 0 Å². The fraction of sp³-hybridized carbons (Fsp3) is 0.682. The van der Waals surface area contributed by atoms with Crippen molar-refractivity contribution in [2.75, 3.05) is 59.2 Å². The third-order valence-electron chi connectivity index (χ3n) is 6.05. The molecule has 1 aromatic carbocycles. The van der Waals surface area contributed by atoms with Gasteiger partial charge in [-0.3, -0.25) is 9.69 Å². The lowest BCUT2D eigenvalue weighted by molar-refractivity contribution is -0.130. The molecule has 2 atom stereocenters. The van der Waals surface area contributed by atoms with Crippen LogP contribution >= 0.6 is 11.8 Å². The Morgan fingerprint density at radius 1 is 1.06 bits per heavy atom. The lowest BCUT2D eigenvalue weighted by Gasteiger charge is -2.35. The Bertz CT molecular complexity index is 888. The first-order chi connectivity index (χ1) is 15.3. The van der Waals surface area contributed by atoms with Crippen LogP contribution in [0.3, 0.4) is 0 Å². The van der Waals surface area contributed by atoms with E-state index in [9.17, 15) is 13.2 Å². The van der Waals surface area contributed by atoms with Crippen LogP contribution in [-0.2, 0) is 14.8 Å². The molecule has 10 heteroatoms. The number of hydrogen-bond donors (Lipinski definition) is 0. The number of carbonyl (C=O) groups excluding carboxylic acids is 1. The number of piperazine rings is 1. The van der Waals surface area contributed by atoms with Crippen molar-refractivity contribution < 1.29 is 22.7 Å². The van der Waals surface area contributed by atoms with Gasteiger partial charge < -0.3 is 14.4 Å². The van der Waals surface area contributed by atoms with E-state index in [2.05, 4.69) is 4.90 Å². The fourth-order valence-corrected chi connectivity index (χ4v) is 7.16. The van der Waals surface area contributed by atoms with E-state index < -0.39 is 10.0 Å². The second-order valence-electron chi connectivity index (χ2n) is 8.08. The van der Waals surface area contributed by atoms with Gasteiger partial charge in [0.1, 0.15) is 16.9 Å². The summed E-state index contributed by atoms with van der Waals surface area (Å²) in [4.78, 5) is 17.3. The molecule has 0 bridgehead atoms. The zero-order valence-electron chi connectivity index (χ0n) is 19.5. The first-order valence-corrected chi connectivity index (χ1v) is 13.8. The lowest BCUT2D eigenvalue weighted by atomic mass is 10.1. The van der Waals surface area contributed by atoms with Crippen LogP contribution in [0.5, 0.6) is 11.5 Å². The monoisotopic (exact) mass is 485 g/mol. The molecule has 1 amide bonds. The standard InChI is InChI=1S/C22H35N3O5S2/c1-5-15-32(27,28)24-12-9-23(10-13-24)11-14-25-21(26)20(6-2)31-22(25)18-16-17(29-3)7-8-19(18)30-4/h7-8,16,20,22H,5-6,9-15H2,1-4H3/t20-,22+/m0/s1. The first kappa shape index (κ1) is 25.1. The predicted octanol–water partition coefficient (Wildman–Crippen LogP) is 2.41. The molecule has 0 aliphatic carbocycles. The third kappa shape index (κ3) is 5.52. The molecule has 0 saturated carbocycles. The van der Waals surface area contributed by atoms with E-state index in [1.54, 1.807) is 30.3 Å². The number of carbonyl (C=O) groups is 1. The van der Waals surface area contributed by atoms with Crippen molar-refractivity contribution >= 4 is 27.7 Å². The lowest BCUT2D eigenvalue weighted by Crippen LogP contribution is -2.51. The topological polar surface area (TPSA) is 79.4 Å². The van der Waals surface area contributed by atoms with Crippen molar-refractivity contribution in [2.45, 2.75) is 37.3 Å². The van der Waals surface area contributed by atoms with E-state index in [0.717, 1.165) is 23.5 Å². The first-order valence-electron chi connectivity index (χ1n) is 11.2. The van der Waals surface area contributed by atoms with Crippen LogP contribution in [0, 0.1) is 0 Å². The number of methoxy groups -OCH3 is 2. The average molecular weight is 486 g/mol. The maximum absolute atomic E-state index is 13.1. The number of sulfonamides is 1. The Hall–Kier alpha value is -1.49. The highest BCUT2D eigenvalue weighted by Crippen LogP contribution is 2.47. The van der Waals surface area contributed by atoms with Gasteiger partial charge in [0.25, 0.3) is 0 Å². The fourth-order valence-electron chi connectivity index (χ4n) is 4.23. The second kappa shape index (κ2) is 11.1. The van der Waals surface area contributed by atoms with Crippen LogP contribution in [0.1, 0.15) is 37.6 Å². The number of nitrogens with zero attached hydrogens (tertiary/aromatic N) is 3. The quantitative estimate of drug-likeness (QED) is 0.504. The Kier molecular flexibility index (Phi) is 8.71. The second-order valence-corrected chi connectivity index (χ2v) is 11.5. The molecular formula is C22H35N3O5S2. The zero-order chi connectivity index (χ0) is 23.3. The van der Waals surface area contributed by atoms with Gasteiger partial charge in [-0.1, -0.05) is 13.8 Å². The molecule has 0 unspecified atom stereocenters. The number of amides is 1. The molecule has 0 radical (unpaired) electrons. The molecule has 32 heavy (non-hydrogen) atoms. The number of hydrogen-bond acceptors (Lipinski definition) is 7. The minimum Gasteiger partial charge on any atom is -0.497 e. The minimum atomic E-state index is -3.15. The van der Waals surface area contributed by atoms with E-state index in [4.69, 9.17) is 9.47 Å². The normalized spacial score (nSPS) is 23.0. The van der Waals surface area contributed by atoms with Crippen LogP contribution in [0.4, 0.5) is 0 Å². The van der Waals surface area contributed by atoms with Crippen LogP contribution in [0.25, 0.3) is 0 Å². The number of thioether (sulfide) groups is 1. The molecule has 2 saturated heterocycles. The molecule has 2 aliphatic rings. The van der Waals surface area contributed by atoms with E-state index in [0.29, 0.717) is 45.7 Å². The zero-order valence-corrected chi connectivity index (χ0v) is 21.1. The van der Waals surface area contributed by atoms with Gasteiger partial charge in [0.05, 0.1) is 25.2 Å². The molecule has 2 aliphatic heterocycles. The van der Waals surface area contributed by atoms with Crippen LogP contribution in [0.15, 0.2) is 18.2 Å². The summed E-state index contributed by atoms with van der Waals surface area (Å²) in [7, 11) is 0.117. The number of rotatable bonds is 10. The van der Waals surface area contributed by atoms with Gasteiger partial charge in [-0.2, -0.15) is 4.31 Å². The largest absolute Gasteiger partial charge is 0.497 e. The van der Waals surface area contributed by atoms with Gasteiger partial charge in [-0.25, -0.2) is 8.42 Å². The van der Waals surface area contributed by atoms with Gasteiger partial charge in [0.15, 0.2) is 0 Å². The van der Waals surface area contributed by atoms with Gasteiger partial charge in [-0.05, 0) is 31.0 Å². The third-order valence-corrected chi connectivity index (χ3v) is 9.76. The summed E-state index contributed by atoms with van der Waals surface area (Å²) in [5, 5.41) is -0.212. The summed E-state index contributed by atoms with van der Waals surface area (Å²) >= 11 is 1.66. The molecule has 2 fully saturated rings. The van der Waals surface area contributed by atoms with E-state index >= 15 is 0 Å². The van der Waals surface area contributed by atoms with E-state index in [1.807, 2.05) is 36.9 Å². The van der Waals surface area contributed by atoms with Crippen molar-refractivity contribution in [1.29, 1.82) is 0 Å². The van der Waals surface area contributed by atoms with Gasteiger partial charge in [-0.15, -0.1) is 11.8 Å². The molecule has 2 heterocycles. The van der Waals surface area contributed by atoms with Gasteiger partial charge in [0.2, 0.25) is 15.9 Å². The van der Waals surface area contributed by atoms with Crippen molar-refractivity contribution in [1.82, 2.24) is 14.1 Å². The average Bonchev–Trinajstić information content (AvgIpc) is 3.12. The predicted molar refractivity (Wildman–Crippen MR) is 128 cm³/mol. The minimum absolute atomic E-state index is 0.0769. The summed E-state index contributed by atoms with van der Waals surface area (Å²) < 4.78 is 37.2. The molecular weight excluding hydrogens is 450 g/mol. The summed E-state index contributed by atoms with van der Waals surface area (Å²) in [6.45, 7) is 7.61. The SMILES string of the molecule is CCCS(=O)(=O)N1CCN(CCN2C(=O)[C@H](CC)S[C@@H]2c2cc(OC)ccc2OC)CC1. The van der Waals surface area contributed by atoms with Crippen LogP contribution < -0.4 is 9.47 Å². The van der Waals surface area contributed by atoms with E-state index in [-0.39, 0.29) is 22.3 Å². The Labute approximate surface area is 196 Å². The molecule has 1 aromatic rings. The van der Waals surface area contributed by atoms with Crippen molar-refractivity contribution in [2.24, 2.45) is 0 Å². The Balaban J connectivity index is 1.69. The highest BCUT2D eigenvalue weighted by molar-refractivity contribution is 8.01. The van der Waals surface area contributed by atoms with E-state index in [1.165, 1.54) is 0 Å². The van der Waals surface area contributed by atoms with Crippen molar-refractivity contribution in [3.8, 4) is 11.5 Å². The Morgan fingerprint density at radius 3 is 2.38 bits per heavy atom. The van der Waals surface area contributed by atoms with Crippen LogP contribution in [-0.4, -0.2) is 92.9 Å². The smallest absolute Gasteiger partial charge is 0.236 e. The maximum atomic E-state index is 13.1. The maximum Gasteiger partial charge on any atom is 0.236 e. The summed E-state index contributed by atoms with van der Waals surface area (Å²) in [6.07, 6.45) is 1.40. The number of ether oxygens (including phenoxy) is 2. The van der Waals surface area contributed by atoms with Crippen molar-refractivity contribution in [3.63, 3.8) is 0 Å². The molecule has 3 rings (SSSR count). The van der Waals surface area contributed by atoms with Gasteiger partial charge in [0, 0.05) is 44.8 Å². The summed E-state index contributed by atoms with van der Waals surface area (Å²) in [5.74, 6) is 1.83. The van der Waals surface area contributed by atoms with Crippen LogP contribution in [0.2, 0.25) is 0 Å². The summed E-state index contributed by atoms with van der Waals surface area (Å²) in [5.41, 5.74) is 0.941. The number of benzene rings is 1. The molecule has 180 valence electrons.